The summed E-state index contributed by atoms with van der Waals surface area (Å²) in [6.07, 6.45) is 3.23. The summed E-state index contributed by atoms with van der Waals surface area (Å²) >= 11 is 0. The number of anilines is 1. The minimum Gasteiger partial charge on any atom is -0.494 e. The SMILES string of the molecule is COc1cc(F)c(S(=O)(=O)c2ccc(NC(=O)NCc3cccnc3)cc2)cc1F. The molecule has 0 unspecified atom stereocenters. The van der Waals surface area contributed by atoms with E-state index in [0.717, 1.165) is 12.7 Å². The normalized spacial score (nSPS) is 11.0. The summed E-state index contributed by atoms with van der Waals surface area (Å²) in [4.78, 5) is 14.8. The molecule has 1 aromatic heterocycles. The summed E-state index contributed by atoms with van der Waals surface area (Å²) in [7, 11) is -3.17. The van der Waals surface area contributed by atoms with Crippen LogP contribution in [0.15, 0.2) is 70.7 Å². The van der Waals surface area contributed by atoms with Crippen LogP contribution in [-0.2, 0) is 16.4 Å². The van der Waals surface area contributed by atoms with Crippen LogP contribution in [0.1, 0.15) is 5.56 Å². The zero-order chi connectivity index (χ0) is 21.7. The van der Waals surface area contributed by atoms with Crippen LogP contribution in [0.25, 0.3) is 0 Å². The molecule has 3 aromatic rings. The quantitative estimate of drug-likeness (QED) is 0.620. The Balaban J connectivity index is 1.72. The third-order valence-electron chi connectivity index (χ3n) is 4.09. The molecule has 0 radical (unpaired) electrons. The lowest BCUT2D eigenvalue weighted by Gasteiger charge is -2.10. The lowest BCUT2D eigenvalue weighted by molar-refractivity contribution is 0.251. The van der Waals surface area contributed by atoms with Gasteiger partial charge in [-0.1, -0.05) is 6.07 Å². The number of carbonyl (C=O) groups is 1. The molecule has 30 heavy (non-hydrogen) atoms. The maximum atomic E-state index is 14.2. The van der Waals surface area contributed by atoms with E-state index in [4.69, 9.17) is 0 Å². The Morgan fingerprint density at radius 1 is 1.10 bits per heavy atom. The maximum Gasteiger partial charge on any atom is 0.319 e. The smallest absolute Gasteiger partial charge is 0.319 e. The fourth-order valence-electron chi connectivity index (χ4n) is 2.58. The number of urea groups is 1. The highest BCUT2D eigenvalue weighted by Gasteiger charge is 2.24. The van der Waals surface area contributed by atoms with E-state index in [-0.39, 0.29) is 11.4 Å². The van der Waals surface area contributed by atoms with Gasteiger partial charge in [0.15, 0.2) is 11.6 Å². The van der Waals surface area contributed by atoms with Crippen molar-refractivity contribution in [2.75, 3.05) is 12.4 Å². The Morgan fingerprint density at radius 3 is 2.47 bits per heavy atom. The van der Waals surface area contributed by atoms with Crippen molar-refractivity contribution in [3.8, 4) is 5.75 Å². The Kier molecular flexibility index (Phi) is 6.26. The molecule has 2 N–H and O–H groups in total. The fraction of sp³-hybridized carbons (Fsp3) is 0.100. The molecule has 0 saturated carbocycles. The number of aromatic nitrogens is 1. The number of pyridine rings is 1. The Morgan fingerprint density at radius 2 is 1.83 bits per heavy atom. The minimum atomic E-state index is -4.31. The highest BCUT2D eigenvalue weighted by atomic mass is 32.2. The summed E-state index contributed by atoms with van der Waals surface area (Å²) in [6, 6.07) is 9.34. The molecule has 1 heterocycles. The molecule has 2 aromatic carbocycles. The van der Waals surface area contributed by atoms with E-state index >= 15 is 0 Å². The highest BCUT2D eigenvalue weighted by molar-refractivity contribution is 7.91. The van der Waals surface area contributed by atoms with Crippen LogP contribution in [0.3, 0.4) is 0 Å². The van der Waals surface area contributed by atoms with Gasteiger partial charge in [-0.25, -0.2) is 22.0 Å². The van der Waals surface area contributed by atoms with Crippen LogP contribution in [0.4, 0.5) is 19.3 Å². The minimum absolute atomic E-state index is 0.257. The molecule has 156 valence electrons. The van der Waals surface area contributed by atoms with Crippen molar-refractivity contribution >= 4 is 21.6 Å². The second kappa shape index (κ2) is 8.87. The van der Waals surface area contributed by atoms with E-state index in [1.165, 1.54) is 24.3 Å². The van der Waals surface area contributed by atoms with Crippen LogP contribution in [0, 0.1) is 11.6 Å². The number of amides is 2. The molecule has 2 amide bonds. The van der Waals surface area contributed by atoms with Crippen molar-refractivity contribution in [2.24, 2.45) is 0 Å². The molecule has 0 spiro atoms. The number of hydrogen-bond acceptors (Lipinski definition) is 5. The molecule has 0 aliphatic heterocycles. The first-order chi connectivity index (χ1) is 14.3. The van der Waals surface area contributed by atoms with Crippen LogP contribution in [-0.4, -0.2) is 26.5 Å². The number of sulfone groups is 1. The van der Waals surface area contributed by atoms with Gasteiger partial charge in [0.2, 0.25) is 9.84 Å². The summed E-state index contributed by atoms with van der Waals surface area (Å²) in [5, 5.41) is 5.18. The van der Waals surface area contributed by atoms with Gasteiger partial charge in [0.05, 0.1) is 12.0 Å². The van der Waals surface area contributed by atoms with Crippen LogP contribution < -0.4 is 15.4 Å². The van der Waals surface area contributed by atoms with Crippen molar-refractivity contribution in [2.45, 2.75) is 16.3 Å². The third kappa shape index (κ3) is 4.71. The third-order valence-corrected chi connectivity index (χ3v) is 5.88. The van der Waals surface area contributed by atoms with Gasteiger partial charge in [-0.05, 0) is 42.0 Å². The number of carbonyl (C=O) groups excluding carboxylic acids is 1. The topological polar surface area (TPSA) is 97.4 Å². The summed E-state index contributed by atoms with van der Waals surface area (Å²) < 4.78 is 58.0. The van der Waals surface area contributed by atoms with Gasteiger partial charge in [-0.3, -0.25) is 4.98 Å². The number of hydrogen-bond donors (Lipinski definition) is 2. The van der Waals surface area contributed by atoms with Gasteiger partial charge in [-0.2, -0.15) is 0 Å². The van der Waals surface area contributed by atoms with E-state index in [1.807, 2.05) is 0 Å². The predicted molar refractivity (Wildman–Crippen MR) is 105 cm³/mol. The Bertz CT molecular complexity index is 1150. The molecule has 7 nitrogen and oxygen atoms in total. The monoisotopic (exact) mass is 433 g/mol. The van der Waals surface area contributed by atoms with Crippen molar-refractivity contribution < 1.29 is 26.7 Å². The number of ether oxygens (including phenoxy) is 1. The molecule has 0 atom stereocenters. The molecule has 10 heteroatoms. The van der Waals surface area contributed by atoms with E-state index < -0.39 is 38.1 Å². The average molecular weight is 433 g/mol. The number of nitrogens with one attached hydrogen (secondary N) is 2. The predicted octanol–water partition coefficient (Wildman–Crippen LogP) is 3.52. The number of halogens is 2. The number of benzene rings is 2. The van der Waals surface area contributed by atoms with Gasteiger partial charge in [0.25, 0.3) is 0 Å². The second-order valence-corrected chi connectivity index (χ2v) is 8.03. The number of rotatable bonds is 6. The van der Waals surface area contributed by atoms with Crippen molar-refractivity contribution in [3.05, 3.63) is 78.1 Å². The fourth-order valence-corrected chi connectivity index (χ4v) is 3.90. The van der Waals surface area contributed by atoms with Gasteiger partial charge in [0, 0.05) is 30.7 Å². The zero-order valence-corrected chi connectivity index (χ0v) is 16.5. The van der Waals surface area contributed by atoms with Crippen LogP contribution in [0.2, 0.25) is 0 Å². The first kappa shape index (κ1) is 21.2. The molecule has 0 saturated heterocycles. The zero-order valence-electron chi connectivity index (χ0n) is 15.7. The van der Waals surface area contributed by atoms with E-state index in [2.05, 4.69) is 20.4 Å². The Labute approximate surface area is 171 Å². The molecule has 0 fully saturated rings. The summed E-state index contributed by atoms with van der Waals surface area (Å²) in [6.45, 7) is 0.258. The molecular weight excluding hydrogens is 416 g/mol. The number of nitrogens with zero attached hydrogens (tertiary/aromatic N) is 1. The first-order valence-corrected chi connectivity index (χ1v) is 10.1. The molecule has 0 aliphatic carbocycles. The van der Waals surface area contributed by atoms with Crippen LogP contribution in [0.5, 0.6) is 5.75 Å². The van der Waals surface area contributed by atoms with E-state index in [1.54, 1.807) is 24.5 Å². The molecule has 0 aliphatic rings. The van der Waals surface area contributed by atoms with Crippen molar-refractivity contribution in [1.82, 2.24) is 10.3 Å². The highest BCUT2D eigenvalue weighted by Crippen LogP contribution is 2.29. The van der Waals surface area contributed by atoms with Gasteiger partial charge in [0.1, 0.15) is 10.7 Å². The van der Waals surface area contributed by atoms with Gasteiger partial charge < -0.3 is 15.4 Å². The lowest BCUT2D eigenvalue weighted by Crippen LogP contribution is -2.28. The first-order valence-electron chi connectivity index (χ1n) is 8.63. The van der Waals surface area contributed by atoms with Crippen molar-refractivity contribution in [1.29, 1.82) is 0 Å². The van der Waals surface area contributed by atoms with Crippen LogP contribution >= 0.6 is 0 Å². The standard InChI is InChI=1S/C20H17F2N3O4S/c1-29-18-9-17(22)19(10-16(18)21)30(27,28)15-6-4-14(5-7-15)25-20(26)24-12-13-3-2-8-23-11-13/h2-11H,12H2,1H3,(H2,24,25,26). The second-order valence-electron chi connectivity index (χ2n) is 6.11. The van der Waals surface area contributed by atoms with Crippen molar-refractivity contribution in [3.63, 3.8) is 0 Å². The molecule has 0 bridgehead atoms. The van der Waals surface area contributed by atoms with Gasteiger partial charge in [-0.15, -0.1) is 0 Å². The molecular formula is C20H17F2N3O4S. The summed E-state index contributed by atoms with van der Waals surface area (Å²) in [5.74, 6) is -2.53. The number of methoxy groups -OCH3 is 1. The maximum absolute atomic E-state index is 14.2. The van der Waals surface area contributed by atoms with Gasteiger partial charge >= 0.3 is 6.03 Å². The Hall–Kier alpha value is -3.53. The summed E-state index contributed by atoms with van der Waals surface area (Å²) in [5.41, 5.74) is 1.13. The lowest BCUT2D eigenvalue weighted by atomic mass is 10.3. The molecule has 3 rings (SSSR count). The average Bonchev–Trinajstić information content (AvgIpc) is 2.74. The van der Waals surface area contributed by atoms with E-state index in [9.17, 15) is 22.0 Å². The largest absolute Gasteiger partial charge is 0.494 e. The van der Waals surface area contributed by atoms with E-state index in [0.29, 0.717) is 17.8 Å².